The van der Waals surface area contributed by atoms with Crippen LogP contribution in [0.15, 0.2) is 66.7 Å². The lowest BCUT2D eigenvalue weighted by molar-refractivity contribution is 0.0372. The summed E-state index contributed by atoms with van der Waals surface area (Å²) < 4.78 is 19.0. The van der Waals surface area contributed by atoms with Crippen molar-refractivity contribution in [2.24, 2.45) is 0 Å². The molecule has 0 amide bonds. The quantitative estimate of drug-likeness (QED) is 0.179. The van der Waals surface area contributed by atoms with Crippen LogP contribution < -0.4 is 0 Å². The van der Waals surface area contributed by atoms with Gasteiger partial charge in [0, 0.05) is 47.7 Å². The maximum atomic E-state index is 13.5. The first kappa shape index (κ1) is 27.4. The lowest BCUT2D eigenvalue weighted by atomic mass is 9.91. The number of benzene rings is 3. The number of nitrogens with one attached hydrogen (secondary N) is 1. The highest BCUT2D eigenvalue weighted by molar-refractivity contribution is 7.80. The van der Waals surface area contributed by atoms with Gasteiger partial charge in [-0.15, -0.1) is 0 Å². The molecule has 2 aliphatic rings. The summed E-state index contributed by atoms with van der Waals surface area (Å²) in [5.41, 5.74) is 7.20. The minimum Gasteiger partial charge on any atom is -0.379 e. The van der Waals surface area contributed by atoms with E-state index in [0.29, 0.717) is 6.42 Å². The molecule has 6 rings (SSSR count). The van der Waals surface area contributed by atoms with Gasteiger partial charge in [-0.1, -0.05) is 60.2 Å². The Hall–Kier alpha value is -2.77. The number of H-pyrrole nitrogens is 1. The van der Waals surface area contributed by atoms with Crippen molar-refractivity contribution in [3.63, 3.8) is 0 Å². The Balaban J connectivity index is 1.22. The molecule has 1 unspecified atom stereocenters. The summed E-state index contributed by atoms with van der Waals surface area (Å²) in [6, 6.07) is 21.8. The number of hydrogen-bond acceptors (Lipinski definition) is 3. The summed E-state index contributed by atoms with van der Waals surface area (Å²) >= 11 is 12.4. The highest BCUT2D eigenvalue weighted by atomic mass is 35.5. The second-order valence-corrected chi connectivity index (χ2v) is 11.8. The molecule has 1 aromatic heterocycles. The largest absolute Gasteiger partial charge is 0.379 e. The van der Waals surface area contributed by atoms with Crippen molar-refractivity contribution in [3.8, 4) is 0 Å². The smallest absolute Gasteiger partial charge is 0.123 e. The molecule has 1 atom stereocenters. The highest BCUT2D eigenvalue weighted by Crippen LogP contribution is 2.39. The van der Waals surface area contributed by atoms with E-state index in [2.05, 4.69) is 51.2 Å². The third kappa shape index (κ3) is 6.10. The summed E-state index contributed by atoms with van der Waals surface area (Å²) in [6.45, 7) is 5.79. The molecular weight excluding hydrogens is 541 g/mol. The molecule has 208 valence electrons. The van der Waals surface area contributed by atoms with Crippen LogP contribution in [0.25, 0.3) is 10.9 Å². The Kier molecular flexibility index (Phi) is 8.49. The fraction of sp³-hybridized carbons (Fsp3) is 0.364. The van der Waals surface area contributed by atoms with Gasteiger partial charge in [-0.2, -0.15) is 0 Å². The molecule has 3 heterocycles. The number of thiocarbonyl (C=S) groups is 1. The number of morpholine rings is 1. The van der Waals surface area contributed by atoms with Crippen molar-refractivity contribution in [1.82, 2.24) is 14.8 Å². The summed E-state index contributed by atoms with van der Waals surface area (Å²) in [4.78, 5) is 9.43. The van der Waals surface area contributed by atoms with E-state index < -0.39 is 0 Å². The van der Waals surface area contributed by atoms with Crippen LogP contribution in [0, 0.1) is 5.82 Å². The first-order valence-corrected chi connectivity index (χ1v) is 15.1. The van der Waals surface area contributed by atoms with Crippen LogP contribution in [0.4, 0.5) is 4.39 Å². The zero-order chi connectivity index (χ0) is 27.5. The average molecular weight is 576 g/mol. The molecule has 0 radical (unpaired) electrons. The van der Waals surface area contributed by atoms with Gasteiger partial charge in [0.25, 0.3) is 0 Å². The predicted molar refractivity (Wildman–Crippen MR) is 165 cm³/mol. The van der Waals surface area contributed by atoms with E-state index in [4.69, 9.17) is 28.6 Å². The van der Waals surface area contributed by atoms with Crippen LogP contribution in [0.2, 0.25) is 5.02 Å². The SMILES string of the molecule is Fc1ccc(CC(=S)N2CCc3c([nH]c4ccc(Cl)cc34)C2c2ccc(CCCCN3CCOCC3)cc2)cc1. The Morgan fingerprint density at radius 1 is 0.950 bits per heavy atom. The monoisotopic (exact) mass is 575 g/mol. The van der Waals surface area contributed by atoms with Crippen molar-refractivity contribution < 1.29 is 9.13 Å². The lowest BCUT2D eigenvalue weighted by Crippen LogP contribution is -2.40. The van der Waals surface area contributed by atoms with E-state index in [1.54, 1.807) is 0 Å². The third-order valence-corrected chi connectivity index (χ3v) is 8.88. The van der Waals surface area contributed by atoms with Crippen LogP contribution in [-0.2, 0) is 24.0 Å². The molecule has 1 N–H and O–H groups in total. The number of nitrogens with zero attached hydrogens (tertiary/aromatic N) is 2. The number of aromatic amines is 1. The number of ether oxygens (including phenoxy) is 1. The minimum absolute atomic E-state index is 0.0155. The van der Waals surface area contributed by atoms with Gasteiger partial charge < -0.3 is 14.6 Å². The summed E-state index contributed by atoms with van der Waals surface area (Å²) in [6.07, 6.45) is 4.96. The van der Waals surface area contributed by atoms with Crippen LogP contribution in [0.5, 0.6) is 0 Å². The van der Waals surface area contributed by atoms with Gasteiger partial charge in [-0.25, -0.2) is 4.39 Å². The Bertz CT molecular complexity index is 1460. The zero-order valence-electron chi connectivity index (χ0n) is 22.7. The molecule has 0 spiro atoms. The molecule has 3 aromatic carbocycles. The van der Waals surface area contributed by atoms with Crippen LogP contribution in [-0.4, -0.2) is 59.2 Å². The van der Waals surface area contributed by atoms with Crippen molar-refractivity contribution >= 4 is 39.7 Å². The standard InChI is InChI=1S/C33H35ClFN3OS/c34-26-10-13-30-29(22-26)28-14-16-38(31(40)21-24-6-11-27(35)12-7-24)33(32(28)36-30)25-8-4-23(5-9-25)3-1-2-15-37-17-19-39-20-18-37/h4-13,22,33,36H,1-3,14-21H2. The zero-order valence-corrected chi connectivity index (χ0v) is 24.2. The van der Waals surface area contributed by atoms with Crippen LogP contribution >= 0.6 is 23.8 Å². The number of unbranched alkanes of at least 4 members (excludes halogenated alkanes) is 1. The van der Waals surface area contributed by atoms with Crippen molar-refractivity contribution in [3.05, 3.63) is 106 Å². The van der Waals surface area contributed by atoms with Gasteiger partial charge in [-0.05, 0) is 84.8 Å². The van der Waals surface area contributed by atoms with Crippen molar-refractivity contribution in [1.29, 1.82) is 0 Å². The number of aromatic nitrogens is 1. The van der Waals surface area contributed by atoms with Gasteiger partial charge in [0.2, 0.25) is 0 Å². The van der Waals surface area contributed by atoms with E-state index >= 15 is 0 Å². The fourth-order valence-corrected chi connectivity index (χ4v) is 6.65. The van der Waals surface area contributed by atoms with Crippen molar-refractivity contribution in [2.45, 2.75) is 38.1 Å². The molecule has 40 heavy (non-hydrogen) atoms. The molecule has 7 heteroatoms. The maximum absolute atomic E-state index is 13.5. The van der Waals surface area contributed by atoms with Gasteiger partial charge in [-0.3, -0.25) is 4.90 Å². The van der Waals surface area contributed by atoms with Crippen LogP contribution in [0.3, 0.4) is 0 Å². The molecule has 1 fully saturated rings. The Morgan fingerprint density at radius 2 is 1.70 bits per heavy atom. The highest BCUT2D eigenvalue weighted by Gasteiger charge is 2.33. The Labute approximate surface area is 246 Å². The van der Waals surface area contributed by atoms with Crippen LogP contribution in [0.1, 0.15) is 46.8 Å². The Morgan fingerprint density at radius 3 is 2.48 bits per heavy atom. The lowest BCUT2D eigenvalue weighted by Gasteiger charge is -2.38. The molecule has 4 aromatic rings. The summed E-state index contributed by atoms with van der Waals surface area (Å²) in [5, 5.41) is 1.94. The molecule has 4 nitrogen and oxygen atoms in total. The first-order valence-electron chi connectivity index (χ1n) is 14.3. The minimum atomic E-state index is -0.229. The van der Waals surface area contributed by atoms with Gasteiger partial charge >= 0.3 is 0 Å². The third-order valence-electron chi connectivity index (χ3n) is 8.27. The maximum Gasteiger partial charge on any atom is 0.123 e. The molecule has 2 aliphatic heterocycles. The number of fused-ring (bicyclic) bond motifs is 3. The van der Waals surface area contributed by atoms with E-state index in [9.17, 15) is 4.39 Å². The van der Waals surface area contributed by atoms with Gasteiger partial charge in [0.05, 0.1) is 24.2 Å². The first-order chi connectivity index (χ1) is 19.5. The predicted octanol–water partition coefficient (Wildman–Crippen LogP) is 7.13. The summed E-state index contributed by atoms with van der Waals surface area (Å²) in [5.74, 6) is -0.229. The van der Waals surface area contributed by atoms with Gasteiger partial charge in [0.1, 0.15) is 5.82 Å². The number of rotatable bonds is 8. The second-order valence-electron chi connectivity index (χ2n) is 10.9. The second kappa shape index (κ2) is 12.4. The van der Waals surface area contributed by atoms with E-state index in [0.717, 1.165) is 73.3 Å². The van der Waals surface area contributed by atoms with Gasteiger partial charge in [0.15, 0.2) is 0 Å². The van der Waals surface area contributed by atoms with E-state index in [1.165, 1.54) is 52.7 Å². The fourth-order valence-electron chi connectivity index (χ4n) is 6.11. The van der Waals surface area contributed by atoms with E-state index in [-0.39, 0.29) is 11.9 Å². The summed E-state index contributed by atoms with van der Waals surface area (Å²) in [7, 11) is 0. The van der Waals surface area contributed by atoms with Crippen molar-refractivity contribution in [2.75, 3.05) is 39.4 Å². The molecular formula is C33H35ClFN3OS. The average Bonchev–Trinajstić information content (AvgIpc) is 3.35. The molecule has 0 aliphatic carbocycles. The number of hydrogen-bond donors (Lipinski definition) is 1. The molecule has 0 saturated carbocycles. The number of halogens is 2. The number of aryl methyl sites for hydroxylation is 1. The molecule has 0 bridgehead atoms. The normalized spacial score (nSPS) is 17.8. The topological polar surface area (TPSA) is 31.5 Å². The molecule has 1 saturated heterocycles. The van der Waals surface area contributed by atoms with E-state index in [1.807, 2.05) is 18.2 Å².